The summed E-state index contributed by atoms with van der Waals surface area (Å²) in [5, 5.41) is 8.34. The maximum atomic E-state index is 13.0. The van der Waals surface area contributed by atoms with Crippen LogP contribution >= 0.6 is 0 Å². The second-order valence-electron chi connectivity index (χ2n) is 7.35. The van der Waals surface area contributed by atoms with E-state index in [2.05, 4.69) is 33.1 Å². The van der Waals surface area contributed by atoms with Gasteiger partial charge in [-0.1, -0.05) is 13.3 Å². The summed E-state index contributed by atoms with van der Waals surface area (Å²) in [4.78, 5) is 21.1. The molecular formula is C21H25FN6O2. The first-order valence-electron chi connectivity index (χ1n) is 10.2. The molecule has 0 spiro atoms. The van der Waals surface area contributed by atoms with Gasteiger partial charge in [0.05, 0.1) is 0 Å². The minimum Gasteiger partial charge on any atom is -0.484 e. The molecule has 4 rings (SSSR count). The lowest BCUT2D eigenvalue weighted by atomic mass is 10.2. The van der Waals surface area contributed by atoms with Gasteiger partial charge in [-0.05, 0) is 37.6 Å². The summed E-state index contributed by atoms with van der Waals surface area (Å²) < 4.78 is 20.4. The molecule has 1 aromatic carbocycles. The second kappa shape index (κ2) is 8.64. The topological polar surface area (TPSA) is 75.9 Å². The standard InChI is InChI=1S/C21H25FN6O2/c1-3-4-17-13-19(23-21-25-24-15(2)28(17)21)26-9-11-27(12-10-26)20(29)14-30-18-7-5-16(22)6-8-18/h5-8,13H,3-4,9-12,14H2,1-2H3. The molecule has 0 atom stereocenters. The molecule has 158 valence electrons. The van der Waals surface area contributed by atoms with Crippen LogP contribution in [0.5, 0.6) is 5.75 Å². The number of halogens is 1. The number of fused-ring (bicyclic) bond motifs is 1. The largest absolute Gasteiger partial charge is 0.484 e. The summed E-state index contributed by atoms with van der Waals surface area (Å²) in [5.41, 5.74) is 1.14. The summed E-state index contributed by atoms with van der Waals surface area (Å²) in [6.07, 6.45) is 1.94. The molecule has 0 saturated carbocycles. The molecule has 1 amide bonds. The maximum Gasteiger partial charge on any atom is 0.260 e. The number of aryl methyl sites for hydroxylation is 2. The Kier molecular flexibility index (Phi) is 5.78. The van der Waals surface area contributed by atoms with E-state index in [9.17, 15) is 9.18 Å². The molecule has 3 heterocycles. The normalized spacial score (nSPS) is 14.4. The van der Waals surface area contributed by atoms with Gasteiger partial charge in [-0.3, -0.25) is 9.20 Å². The Hall–Kier alpha value is -3.23. The molecule has 3 aromatic rings. The van der Waals surface area contributed by atoms with Crippen LogP contribution in [0.4, 0.5) is 10.2 Å². The van der Waals surface area contributed by atoms with Gasteiger partial charge in [0, 0.05) is 37.9 Å². The van der Waals surface area contributed by atoms with E-state index in [-0.39, 0.29) is 18.3 Å². The number of aromatic nitrogens is 4. The van der Waals surface area contributed by atoms with Gasteiger partial charge < -0.3 is 14.5 Å². The highest BCUT2D eigenvalue weighted by molar-refractivity contribution is 5.78. The molecule has 30 heavy (non-hydrogen) atoms. The molecule has 1 fully saturated rings. The van der Waals surface area contributed by atoms with Crippen molar-refractivity contribution in [2.24, 2.45) is 0 Å². The Bertz CT molecular complexity index is 1030. The lowest BCUT2D eigenvalue weighted by Crippen LogP contribution is -2.50. The number of carbonyl (C=O) groups is 1. The summed E-state index contributed by atoms with van der Waals surface area (Å²) in [6.45, 7) is 6.56. The van der Waals surface area contributed by atoms with Gasteiger partial charge in [0.25, 0.3) is 11.7 Å². The molecule has 1 aliphatic rings. The number of carbonyl (C=O) groups excluding carboxylic acids is 1. The zero-order chi connectivity index (χ0) is 21.1. The number of anilines is 1. The minimum atomic E-state index is -0.333. The van der Waals surface area contributed by atoms with Crippen LogP contribution in [-0.4, -0.2) is 63.2 Å². The number of ether oxygens (including phenoxy) is 1. The van der Waals surface area contributed by atoms with Crippen molar-refractivity contribution in [1.82, 2.24) is 24.5 Å². The molecule has 1 aliphatic heterocycles. The van der Waals surface area contributed by atoms with Gasteiger partial charge in [-0.15, -0.1) is 10.2 Å². The monoisotopic (exact) mass is 412 g/mol. The lowest BCUT2D eigenvalue weighted by molar-refractivity contribution is -0.133. The zero-order valence-corrected chi connectivity index (χ0v) is 17.2. The Morgan fingerprint density at radius 1 is 1.13 bits per heavy atom. The predicted molar refractivity (Wildman–Crippen MR) is 110 cm³/mol. The highest BCUT2D eigenvalue weighted by Gasteiger charge is 2.23. The van der Waals surface area contributed by atoms with E-state index < -0.39 is 0 Å². The first-order chi connectivity index (χ1) is 14.5. The fraction of sp³-hybridized carbons (Fsp3) is 0.429. The van der Waals surface area contributed by atoms with Gasteiger partial charge in [0.15, 0.2) is 6.61 Å². The summed E-state index contributed by atoms with van der Waals surface area (Å²) in [6, 6.07) is 7.76. The van der Waals surface area contributed by atoms with Crippen molar-refractivity contribution < 1.29 is 13.9 Å². The fourth-order valence-electron chi connectivity index (χ4n) is 3.66. The fourth-order valence-corrected chi connectivity index (χ4v) is 3.66. The number of piperazine rings is 1. The molecule has 0 aliphatic carbocycles. The summed E-state index contributed by atoms with van der Waals surface area (Å²) in [5.74, 6) is 2.38. The van der Waals surface area contributed by atoms with E-state index in [0.29, 0.717) is 37.7 Å². The molecule has 0 bridgehead atoms. The molecule has 9 heteroatoms. The Balaban J connectivity index is 1.38. The second-order valence-corrected chi connectivity index (χ2v) is 7.35. The molecule has 0 radical (unpaired) electrons. The molecule has 0 N–H and O–H groups in total. The van der Waals surface area contributed by atoms with Crippen molar-refractivity contribution >= 4 is 17.5 Å². The predicted octanol–water partition coefficient (Wildman–Crippen LogP) is 2.25. The third-order valence-corrected chi connectivity index (χ3v) is 5.24. The Morgan fingerprint density at radius 2 is 1.87 bits per heavy atom. The first-order valence-corrected chi connectivity index (χ1v) is 10.2. The smallest absolute Gasteiger partial charge is 0.260 e. The molecule has 1 saturated heterocycles. The number of rotatable bonds is 6. The molecular weight excluding hydrogens is 387 g/mol. The van der Waals surface area contributed by atoms with Crippen LogP contribution in [0.15, 0.2) is 30.3 Å². The third kappa shape index (κ3) is 4.19. The SMILES string of the molecule is CCCc1cc(N2CCN(C(=O)COc3ccc(F)cc3)CC2)nc2nnc(C)n12. The van der Waals surface area contributed by atoms with Crippen molar-refractivity contribution in [3.8, 4) is 5.75 Å². The summed E-state index contributed by atoms with van der Waals surface area (Å²) in [7, 11) is 0. The van der Waals surface area contributed by atoms with Crippen LogP contribution in [-0.2, 0) is 11.2 Å². The quantitative estimate of drug-likeness (QED) is 0.618. The Morgan fingerprint density at radius 3 is 2.57 bits per heavy atom. The van der Waals surface area contributed by atoms with Gasteiger partial charge in [0.1, 0.15) is 23.2 Å². The molecule has 2 aromatic heterocycles. The van der Waals surface area contributed by atoms with Crippen molar-refractivity contribution in [1.29, 1.82) is 0 Å². The highest BCUT2D eigenvalue weighted by atomic mass is 19.1. The van der Waals surface area contributed by atoms with E-state index in [4.69, 9.17) is 4.74 Å². The van der Waals surface area contributed by atoms with Crippen LogP contribution < -0.4 is 9.64 Å². The zero-order valence-electron chi connectivity index (χ0n) is 17.2. The molecule has 0 unspecified atom stereocenters. The highest BCUT2D eigenvalue weighted by Crippen LogP contribution is 2.19. The maximum absolute atomic E-state index is 13.0. The van der Waals surface area contributed by atoms with Gasteiger partial charge in [-0.2, -0.15) is 4.98 Å². The van der Waals surface area contributed by atoms with E-state index in [1.807, 2.05) is 11.3 Å². The average molecular weight is 412 g/mol. The van der Waals surface area contributed by atoms with Crippen LogP contribution in [0.1, 0.15) is 24.9 Å². The van der Waals surface area contributed by atoms with Crippen molar-refractivity contribution in [3.05, 3.63) is 47.7 Å². The Labute approximate surface area is 174 Å². The average Bonchev–Trinajstić information content (AvgIpc) is 3.14. The number of amides is 1. The third-order valence-electron chi connectivity index (χ3n) is 5.24. The number of nitrogens with zero attached hydrogens (tertiary/aromatic N) is 6. The van der Waals surface area contributed by atoms with E-state index in [1.54, 1.807) is 4.90 Å². The van der Waals surface area contributed by atoms with Gasteiger partial charge >= 0.3 is 0 Å². The molecule has 8 nitrogen and oxygen atoms in total. The number of benzene rings is 1. The summed E-state index contributed by atoms with van der Waals surface area (Å²) >= 11 is 0. The van der Waals surface area contributed by atoms with Crippen LogP contribution in [0.3, 0.4) is 0 Å². The van der Waals surface area contributed by atoms with Crippen LogP contribution in [0.25, 0.3) is 5.78 Å². The van der Waals surface area contributed by atoms with Crippen molar-refractivity contribution in [2.75, 3.05) is 37.7 Å². The lowest BCUT2D eigenvalue weighted by Gasteiger charge is -2.35. The minimum absolute atomic E-state index is 0.0600. The van der Waals surface area contributed by atoms with Gasteiger partial charge in [-0.25, -0.2) is 4.39 Å². The first kappa shape index (κ1) is 20.1. The van der Waals surface area contributed by atoms with E-state index in [1.165, 1.54) is 24.3 Å². The van der Waals surface area contributed by atoms with Crippen LogP contribution in [0, 0.1) is 12.7 Å². The van der Waals surface area contributed by atoms with Gasteiger partial charge in [0.2, 0.25) is 0 Å². The van der Waals surface area contributed by atoms with Crippen LogP contribution in [0.2, 0.25) is 0 Å². The van der Waals surface area contributed by atoms with E-state index in [0.717, 1.165) is 30.2 Å². The number of hydrogen-bond acceptors (Lipinski definition) is 6. The number of hydrogen-bond donors (Lipinski definition) is 0. The van der Waals surface area contributed by atoms with E-state index >= 15 is 0 Å². The van der Waals surface area contributed by atoms with Crippen molar-refractivity contribution in [3.63, 3.8) is 0 Å². The van der Waals surface area contributed by atoms with Crippen molar-refractivity contribution in [2.45, 2.75) is 26.7 Å².